The number of hydrogen-bond donors (Lipinski definition) is 1. The minimum absolute atomic E-state index is 0.189. The molecule has 120 valence electrons. The lowest BCUT2D eigenvalue weighted by Crippen LogP contribution is -2.13. The summed E-state index contributed by atoms with van der Waals surface area (Å²) in [4.78, 5) is 12.8. The standard InChI is InChI=1S/C20H18N2O2/c1-13-18(19(22-24-13)15-6-3-2-4-7-15)20(23)21-17-11-10-14-8-5-9-16(14)12-17/h2-4,6-7,10-12H,5,8-9H2,1H3,(H,21,23). The first-order valence-corrected chi connectivity index (χ1v) is 8.17. The minimum Gasteiger partial charge on any atom is -0.360 e. The van der Waals surface area contributed by atoms with Crippen molar-refractivity contribution in [3.05, 3.63) is 71.0 Å². The fourth-order valence-electron chi connectivity index (χ4n) is 3.28. The van der Waals surface area contributed by atoms with Gasteiger partial charge in [0.25, 0.3) is 5.91 Å². The molecule has 0 radical (unpaired) electrons. The normalized spacial score (nSPS) is 12.9. The molecule has 4 rings (SSSR count). The van der Waals surface area contributed by atoms with Crippen molar-refractivity contribution in [3.8, 4) is 11.3 Å². The Morgan fingerprint density at radius 2 is 1.88 bits per heavy atom. The van der Waals surface area contributed by atoms with Crippen LogP contribution in [0.3, 0.4) is 0 Å². The third-order valence-electron chi connectivity index (χ3n) is 4.49. The molecule has 1 heterocycles. The molecule has 0 unspecified atom stereocenters. The highest BCUT2D eigenvalue weighted by atomic mass is 16.5. The largest absolute Gasteiger partial charge is 0.360 e. The number of fused-ring (bicyclic) bond motifs is 1. The van der Waals surface area contributed by atoms with E-state index in [-0.39, 0.29) is 5.91 Å². The summed E-state index contributed by atoms with van der Waals surface area (Å²) in [7, 11) is 0. The van der Waals surface area contributed by atoms with E-state index in [4.69, 9.17) is 4.52 Å². The molecular formula is C20H18N2O2. The van der Waals surface area contributed by atoms with Gasteiger partial charge in [0, 0.05) is 11.3 Å². The van der Waals surface area contributed by atoms with E-state index in [1.54, 1.807) is 6.92 Å². The zero-order chi connectivity index (χ0) is 16.5. The first-order chi connectivity index (χ1) is 11.7. The van der Waals surface area contributed by atoms with Gasteiger partial charge in [-0.15, -0.1) is 0 Å². The predicted octanol–water partition coefficient (Wildman–Crippen LogP) is 4.39. The highest BCUT2D eigenvalue weighted by molar-refractivity contribution is 6.08. The summed E-state index contributed by atoms with van der Waals surface area (Å²) >= 11 is 0. The summed E-state index contributed by atoms with van der Waals surface area (Å²) in [6.07, 6.45) is 3.41. The van der Waals surface area contributed by atoms with Gasteiger partial charge in [-0.2, -0.15) is 0 Å². The van der Waals surface area contributed by atoms with Gasteiger partial charge in [0.15, 0.2) is 0 Å². The minimum atomic E-state index is -0.189. The van der Waals surface area contributed by atoms with Crippen LogP contribution in [-0.2, 0) is 12.8 Å². The number of hydrogen-bond acceptors (Lipinski definition) is 3. The number of rotatable bonds is 3. The summed E-state index contributed by atoms with van der Waals surface area (Å²) in [5.41, 5.74) is 5.47. The molecule has 2 aromatic carbocycles. The summed E-state index contributed by atoms with van der Waals surface area (Å²) in [6, 6.07) is 15.8. The molecule has 3 aromatic rings. The molecule has 0 bridgehead atoms. The lowest BCUT2D eigenvalue weighted by atomic mass is 10.1. The van der Waals surface area contributed by atoms with Gasteiger partial charge in [0.2, 0.25) is 0 Å². The van der Waals surface area contributed by atoms with Crippen molar-refractivity contribution in [1.29, 1.82) is 0 Å². The summed E-state index contributed by atoms with van der Waals surface area (Å²) in [5.74, 6) is 0.332. The molecule has 4 heteroatoms. The Morgan fingerprint density at radius 3 is 2.71 bits per heavy atom. The number of aryl methyl sites for hydroxylation is 3. The van der Waals surface area contributed by atoms with Crippen LogP contribution in [0.5, 0.6) is 0 Å². The van der Waals surface area contributed by atoms with Crippen LogP contribution >= 0.6 is 0 Å². The summed E-state index contributed by atoms with van der Waals surface area (Å²) < 4.78 is 5.27. The molecule has 1 aliphatic rings. The Hall–Kier alpha value is -2.88. The second-order valence-corrected chi connectivity index (χ2v) is 6.12. The molecule has 0 saturated heterocycles. The van der Waals surface area contributed by atoms with Crippen LogP contribution in [0.25, 0.3) is 11.3 Å². The number of carbonyl (C=O) groups excluding carboxylic acids is 1. The second-order valence-electron chi connectivity index (χ2n) is 6.12. The molecule has 1 amide bonds. The quantitative estimate of drug-likeness (QED) is 0.779. The van der Waals surface area contributed by atoms with E-state index in [2.05, 4.69) is 22.6 Å². The molecule has 0 fully saturated rings. The molecule has 0 aliphatic heterocycles. The Bertz CT molecular complexity index is 897. The van der Waals surface area contributed by atoms with Gasteiger partial charge < -0.3 is 9.84 Å². The van der Waals surface area contributed by atoms with Gasteiger partial charge in [-0.3, -0.25) is 4.79 Å². The van der Waals surface area contributed by atoms with Gasteiger partial charge in [-0.1, -0.05) is 41.6 Å². The third kappa shape index (κ3) is 2.60. The summed E-state index contributed by atoms with van der Waals surface area (Å²) in [5, 5.41) is 7.06. The number of carbonyl (C=O) groups is 1. The topological polar surface area (TPSA) is 55.1 Å². The molecule has 0 atom stereocenters. The van der Waals surface area contributed by atoms with Crippen LogP contribution in [0.4, 0.5) is 5.69 Å². The maximum atomic E-state index is 12.8. The Morgan fingerprint density at radius 1 is 1.08 bits per heavy atom. The molecule has 0 spiro atoms. The number of benzene rings is 2. The van der Waals surface area contributed by atoms with Crippen LogP contribution in [-0.4, -0.2) is 11.1 Å². The fraction of sp³-hybridized carbons (Fsp3) is 0.200. The second kappa shape index (κ2) is 5.96. The van der Waals surface area contributed by atoms with Crippen molar-refractivity contribution in [1.82, 2.24) is 5.16 Å². The maximum absolute atomic E-state index is 12.8. The molecule has 24 heavy (non-hydrogen) atoms. The monoisotopic (exact) mass is 318 g/mol. The van der Waals surface area contributed by atoms with Crippen LogP contribution in [0.1, 0.15) is 33.7 Å². The number of amides is 1. The first-order valence-electron chi connectivity index (χ1n) is 8.17. The van der Waals surface area contributed by atoms with Crippen LogP contribution < -0.4 is 5.32 Å². The number of anilines is 1. The van der Waals surface area contributed by atoms with Crippen molar-refractivity contribution in [3.63, 3.8) is 0 Å². The average Bonchev–Trinajstić information content (AvgIpc) is 3.21. The molecule has 4 nitrogen and oxygen atoms in total. The highest BCUT2D eigenvalue weighted by Crippen LogP contribution is 2.28. The van der Waals surface area contributed by atoms with Gasteiger partial charge in [0.1, 0.15) is 17.0 Å². The zero-order valence-corrected chi connectivity index (χ0v) is 13.5. The molecule has 1 aromatic heterocycles. The number of nitrogens with one attached hydrogen (secondary N) is 1. The lowest BCUT2D eigenvalue weighted by Gasteiger charge is -2.08. The lowest BCUT2D eigenvalue weighted by molar-refractivity contribution is 0.102. The molecule has 0 saturated carbocycles. The highest BCUT2D eigenvalue weighted by Gasteiger charge is 2.22. The average molecular weight is 318 g/mol. The van der Waals surface area contributed by atoms with E-state index in [9.17, 15) is 4.79 Å². The summed E-state index contributed by atoms with van der Waals surface area (Å²) in [6.45, 7) is 1.76. The smallest absolute Gasteiger partial charge is 0.261 e. The van der Waals surface area contributed by atoms with Crippen molar-refractivity contribution in [2.24, 2.45) is 0 Å². The first kappa shape index (κ1) is 14.7. The van der Waals surface area contributed by atoms with Gasteiger partial charge in [0.05, 0.1) is 0 Å². The SMILES string of the molecule is Cc1onc(-c2ccccc2)c1C(=O)Nc1ccc2c(c1)CCC2. The van der Waals surface area contributed by atoms with Crippen molar-refractivity contribution < 1.29 is 9.32 Å². The Labute approximate surface area is 140 Å². The Kier molecular flexibility index (Phi) is 3.65. The van der Waals surface area contributed by atoms with Crippen LogP contribution in [0, 0.1) is 6.92 Å². The van der Waals surface area contributed by atoms with Crippen molar-refractivity contribution >= 4 is 11.6 Å². The van der Waals surface area contributed by atoms with E-state index in [0.717, 1.165) is 24.1 Å². The maximum Gasteiger partial charge on any atom is 0.261 e. The molecule has 1 N–H and O–H groups in total. The Balaban J connectivity index is 1.65. The van der Waals surface area contributed by atoms with E-state index in [1.807, 2.05) is 36.4 Å². The number of nitrogens with zero attached hydrogens (tertiary/aromatic N) is 1. The molecule has 1 aliphatic carbocycles. The van der Waals surface area contributed by atoms with E-state index in [1.165, 1.54) is 17.5 Å². The van der Waals surface area contributed by atoms with Gasteiger partial charge in [-0.05, 0) is 49.4 Å². The fourth-order valence-corrected chi connectivity index (χ4v) is 3.28. The van der Waals surface area contributed by atoms with E-state index in [0.29, 0.717) is 17.0 Å². The van der Waals surface area contributed by atoms with E-state index >= 15 is 0 Å². The zero-order valence-electron chi connectivity index (χ0n) is 13.5. The molecular weight excluding hydrogens is 300 g/mol. The van der Waals surface area contributed by atoms with Gasteiger partial charge >= 0.3 is 0 Å². The third-order valence-corrected chi connectivity index (χ3v) is 4.49. The number of aromatic nitrogens is 1. The van der Waals surface area contributed by atoms with Crippen LogP contribution in [0.2, 0.25) is 0 Å². The van der Waals surface area contributed by atoms with Crippen molar-refractivity contribution in [2.75, 3.05) is 5.32 Å². The van der Waals surface area contributed by atoms with Crippen molar-refractivity contribution in [2.45, 2.75) is 26.2 Å². The van der Waals surface area contributed by atoms with Gasteiger partial charge in [-0.25, -0.2) is 0 Å². The predicted molar refractivity (Wildman–Crippen MR) is 93.1 cm³/mol. The van der Waals surface area contributed by atoms with E-state index < -0.39 is 0 Å². The van der Waals surface area contributed by atoms with Crippen LogP contribution in [0.15, 0.2) is 53.1 Å².